The zero-order valence-electron chi connectivity index (χ0n) is 10.7. The first-order valence-electron chi connectivity index (χ1n) is 6.53. The number of anilines is 1. The molecule has 0 saturated carbocycles. The first-order valence-corrected chi connectivity index (χ1v) is 6.53. The summed E-state index contributed by atoms with van der Waals surface area (Å²) in [7, 11) is 0. The van der Waals surface area contributed by atoms with Crippen LogP contribution in [0.1, 0.15) is 31.0 Å². The van der Waals surface area contributed by atoms with E-state index >= 15 is 0 Å². The summed E-state index contributed by atoms with van der Waals surface area (Å²) in [6, 6.07) is 5.46. The topological polar surface area (TPSA) is 64.0 Å². The Morgan fingerprint density at radius 1 is 1.37 bits per heavy atom. The molecule has 2 aromatic rings. The summed E-state index contributed by atoms with van der Waals surface area (Å²) >= 11 is 0. The van der Waals surface area contributed by atoms with Crippen molar-refractivity contribution in [3.05, 3.63) is 24.5 Å². The highest BCUT2D eigenvalue weighted by molar-refractivity contribution is 6.15. The summed E-state index contributed by atoms with van der Waals surface area (Å²) < 4.78 is 1.50. The Labute approximate surface area is 110 Å². The van der Waals surface area contributed by atoms with E-state index in [1.54, 1.807) is 6.07 Å². The quantitative estimate of drug-likeness (QED) is 0.859. The fourth-order valence-corrected chi connectivity index (χ4v) is 2.50. The summed E-state index contributed by atoms with van der Waals surface area (Å²) in [5.74, 6) is -1.02. The minimum atomic E-state index is -0.621. The van der Waals surface area contributed by atoms with Gasteiger partial charge in [-0.3, -0.25) is 14.2 Å². The van der Waals surface area contributed by atoms with Crippen molar-refractivity contribution in [3.63, 3.8) is 0 Å². The number of hydrogen-bond donors (Lipinski definition) is 1. The van der Waals surface area contributed by atoms with E-state index in [9.17, 15) is 9.59 Å². The third-order valence-electron chi connectivity index (χ3n) is 3.52. The molecule has 0 saturated heterocycles. The fourth-order valence-electron chi connectivity index (χ4n) is 2.50. The third kappa shape index (κ3) is 1.82. The molecular formula is C14H15N3O2. The van der Waals surface area contributed by atoms with Crippen molar-refractivity contribution in [1.29, 1.82) is 0 Å². The highest BCUT2D eigenvalue weighted by atomic mass is 16.2. The molecule has 5 nitrogen and oxygen atoms in total. The number of benzene rings is 1. The molecule has 0 bridgehead atoms. The molecule has 1 unspecified atom stereocenters. The highest BCUT2D eigenvalue weighted by Gasteiger charge is 2.32. The van der Waals surface area contributed by atoms with Crippen LogP contribution in [0.4, 0.5) is 5.69 Å². The Kier molecular flexibility index (Phi) is 2.81. The van der Waals surface area contributed by atoms with Gasteiger partial charge in [0.25, 0.3) is 0 Å². The monoisotopic (exact) mass is 257 g/mol. The molecular weight excluding hydrogens is 242 g/mol. The average Bonchev–Trinajstić information content (AvgIpc) is 2.79. The number of para-hydroxylation sites is 1. The molecule has 1 aliphatic rings. The van der Waals surface area contributed by atoms with Crippen LogP contribution in [0.3, 0.4) is 0 Å². The van der Waals surface area contributed by atoms with Crippen molar-refractivity contribution in [2.45, 2.75) is 26.2 Å². The SMILES string of the molecule is CCCCC1C(=O)Nc2cccc3ncn(c23)C1=O. The van der Waals surface area contributed by atoms with Crippen LogP contribution in [0.5, 0.6) is 0 Å². The number of rotatable bonds is 3. The Morgan fingerprint density at radius 2 is 2.21 bits per heavy atom. The third-order valence-corrected chi connectivity index (χ3v) is 3.52. The second kappa shape index (κ2) is 4.50. The van der Waals surface area contributed by atoms with Crippen molar-refractivity contribution in [1.82, 2.24) is 9.55 Å². The van der Waals surface area contributed by atoms with E-state index in [0.29, 0.717) is 17.6 Å². The van der Waals surface area contributed by atoms with Gasteiger partial charge in [-0.2, -0.15) is 0 Å². The van der Waals surface area contributed by atoms with Gasteiger partial charge in [-0.15, -0.1) is 0 Å². The van der Waals surface area contributed by atoms with Crippen LogP contribution in [-0.2, 0) is 4.79 Å². The lowest BCUT2D eigenvalue weighted by molar-refractivity contribution is -0.118. The summed E-state index contributed by atoms with van der Waals surface area (Å²) in [6.07, 6.45) is 3.91. The maximum Gasteiger partial charge on any atom is 0.244 e. The Hall–Kier alpha value is -2.17. The first-order chi connectivity index (χ1) is 9.22. The second-order valence-corrected chi connectivity index (χ2v) is 4.81. The standard InChI is InChI=1S/C14H15N3O2/c1-2-3-5-9-13(18)16-11-7-4-6-10-12(11)17(8-15-10)14(9)19/h4,6-9H,2-3,5H2,1H3,(H,16,18). The van der Waals surface area contributed by atoms with Crippen molar-refractivity contribution < 1.29 is 9.59 Å². The summed E-state index contributed by atoms with van der Waals surface area (Å²) in [6.45, 7) is 2.04. The molecule has 1 aliphatic heterocycles. The van der Waals surface area contributed by atoms with Gasteiger partial charge in [0.2, 0.25) is 11.8 Å². The van der Waals surface area contributed by atoms with Crippen molar-refractivity contribution in [3.8, 4) is 0 Å². The maximum absolute atomic E-state index is 12.5. The van der Waals surface area contributed by atoms with Gasteiger partial charge in [-0.05, 0) is 18.6 Å². The van der Waals surface area contributed by atoms with Crippen molar-refractivity contribution in [2.75, 3.05) is 5.32 Å². The molecule has 1 N–H and O–H groups in total. The number of carbonyl (C=O) groups is 2. The van der Waals surface area contributed by atoms with Gasteiger partial charge in [0, 0.05) is 0 Å². The van der Waals surface area contributed by atoms with Gasteiger partial charge >= 0.3 is 0 Å². The van der Waals surface area contributed by atoms with Crippen molar-refractivity contribution >= 4 is 28.5 Å². The maximum atomic E-state index is 12.5. The molecule has 0 radical (unpaired) electrons. The number of carbonyl (C=O) groups excluding carboxylic acids is 2. The van der Waals surface area contributed by atoms with Gasteiger partial charge in [-0.25, -0.2) is 4.98 Å². The minimum absolute atomic E-state index is 0.182. The number of aromatic nitrogens is 2. The number of nitrogens with one attached hydrogen (secondary N) is 1. The van der Waals surface area contributed by atoms with Gasteiger partial charge in [0.05, 0.1) is 16.7 Å². The number of imidazole rings is 1. The molecule has 0 aliphatic carbocycles. The molecule has 0 fully saturated rings. The van der Waals surface area contributed by atoms with E-state index in [4.69, 9.17) is 0 Å². The number of nitrogens with zero attached hydrogens (tertiary/aromatic N) is 2. The fraction of sp³-hybridized carbons (Fsp3) is 0.357. The molecule has 1 atom stereocenters. The largest absolute Gasteiger partial charge is 0.324 e. The first kappa shape index (κ1) is 11.9. The zero-order chi connectivity index (χ0) is 13.4. The second-order valence-electron chi connectivity index (χ2n) is 4.81. The lowest BCUT2D eigenvalue weighted by Crippen LogP contribution is -2.30. The normalized spacial score (nSPS) is 18.5. The van der Waals surface area contributed by atoms with Crippen LogP contribution in [0.2, 0.25) is 0 Å². The zero-order valence-corrected chi connectivity index (χ0v) is 10.7. The Morgan fingerprint density at radius 3 is 3.00 bits per heavy atom. The van der Waals surface area contributed by atoms with Crippen LogP contribution >= 0.6 is 0 Å². The average molecular weight is 257 g/mol. The lowest BCUT2D eigenvalue weighted by atomic mass is 10.0. The van der Waals surface area contributed by atoms with Gasteiger partial charge in [0.1, 0.15) is 12.2 Å². The number of amides is 1. The van der Waals surface area contributed by atoms with Crippen molar-refractivity contribution in [2.24, 2.45) is 5.92 Å². The predicted molar refractivity (Wildman–Crippen MR) is 72.0 cm³/mol. The highest BCUT2D eigenvalue weighted by Crippen LogP contribution is 2.28. The molecule has 3 rings (SSSR count). The summed E-state index contributed by atoms with van der Waals surface area (Å²) in [5, 5.41) is 2.84. The smallest absolute Gasteiger partial charge is 0.244 e. The van der Waals surface area contributed by atoms with Crippen LogP contribution in [0.15, 0.2) is 24.5 Å². The molecule has 98 valence electrons. The Bertz CT molecular complexity index is 660. The summed E-state index contributed by atoms with van der Waals surface area (Å²) in [5.41, 5.74) is 2.08. The van der Waals surface area contributed by atoms with Gasteiger partial charge in [-0.1, -0.05) is 25.8 Å². The molecule has 0 spiro atoms. The molecule has 1 aromatic heterocycles. The van der Waals surface area contributed by atoms with Gasteiger partial charge < -0.3 is 5.32 Å². The number of hydrogen-bond acceptors (Lipinski definition) is 3. The van der Waals surface area contributed by atoms with E-state index in [1.165, 1.54) is 10.9 Å². The molecule has 2 heterocycles. The molecule has 5 heteroatoms. The van der Waals surface area contributed by atoms with Crippen LogP contribution in [-0.4, -0.2) is 21.4 Å². The number of unbranched alkanes of at least 4 members (excludes halogenated alkanes) is 1. The van der Waals surface area contributed by atoms with E-state index in [-0.39, 0.29) is 11.8 Å². The van der Waals surface area contributed by atoms with Crippen LogP contribution in [0.25, 0.3) is 11.0 Å². The molecule has 1 aromatic carbocycles. The van der Waals surface area contributed by atoms with Crippen LogP contribution in [0, 0.1) is 5.92 Å². The van der Waals surface area contributed by atoms with E-state index < -0.39 is 5.92 Å². The van der Waals surface area contributed by atoms with Crippen LogP contribution < -0.4 is 5.32 Å². The lowest BCUT2D eigenvalue weighted by Gasteiger charge is -2.11. The predicted octanol–water partition coefficient (Wildman–Crippen LogP) is 2.44. The van der Waals surface area contributed by atoms with E-state index in [0.717, 1.165) is 18.4 Å². The molecule has 19 heavy (non-hydrogen) atoms. The van der Waals surface area contributed by atoms with Gasteiger partial charge in [0.15, 0.2) is 0 Å². The Balaban J connectivity index is 2.11. The molecule has 1 amide bonds. The summed E-state index contributed by atoms with van der Waals surface area (Å²) in [4.78, 5) is 28.8. The minimum Gasteiger partial charge on any atom is -0.324 e. The van der Waals surface area contributed by atoms with E-state index in [1.807, 2.05) is 19.1 Å². The van der Waals surface area contributed by atoms with E-state index in [2.05, 4.69) is 10.3 Å².